The summed E-state index contributed by atoms with van der Waals surface area (Å²) in [6.07, 6.45) is 0.848. The zero-order valence-electron chi connectivity index (χ0n) is 15.5. The van der Waals surface area contributed by atoms with Crippen LogP contribution in [0.4, 0.5) is 0 Å². The topological polar surface area (TPSA) is 115 Å². The lowest BCUT2D eigenvalue weighted by Crippen LogP contribution is -2.27. The zero-order chi connectivity index (χ0) is 20.4. The first-order valence-electron chi connectivity index (χ1n) is 8.73. The normalized spacial score (nSPS) is 12.4. The van der Waals surface area contributed by atoms with E-state index in [0.29, 0.717) is 18.4 Å². The number of aliphatic hydroxyl groups excluding tert-OH is 2. The first kappa shape index (κ1) is 22.3. The third-order valence-corrected chi connectivity index (χ3v) is 3.89. The average molecular weight is 374 g/mol. The van der Waals surface area contributed by atoms with Crippen molar-refractivity contribution >= 4 is 11.9 Å². The van der Waals surface area contributed by atoms with Crippen LogP contribution in [0.5, 0.6) is 0 Å². The van der Waals surface area contributed by atoms with E-state index in [4.69, 9.17) is 10.2 Å². The second-order valence-corrected chi connectivity index (χ2v) is 6.31. The zero-order valence-corrected chi connectivity index (χ0v) is 15.5. The summed E-state index contributed by atoms with van der Waals surface area (Å²) in [7, 11) is 0. The quantitative estimate of drug-likeness (QED) is 0.592. The summed E-state index contributed by atoms with van der Waals surface area (Å²) in [6.45, 7) is 3.65. The third kappa shape index (κ3) is 8.02. The highest BCUT2D eigenvalue weighted by molar-refractivity contribution is 5.94. The van der Waals surface area contributed by atoms with Crippen molar-refractivity contribution in [2.24, 2.45) is 0 Å². The van der Waals surface area contributed by atoms with Gasteiger partial charge >= 0.3 is 11.9 Å². The fraction of sp³-hybridized carbons (Fsp3) is 0.333. The van der Waals surface area contributed by atoms with Gasteiger partial charge in [0.05, 0.1) is 23.3 Å². The smallest absolute Gasteiger partial charge is 0.335 e. The summed E-state index contributed by atoms with van der Waals surface area (Å²) in [5, 5.41) is 36.4. The Kier molecular flexibility index (Phi) is 9.19. The minimum Gasteiger partial charge on any atom is -0.478 e. The van der Waals surface area contributed by atoms with Crippen molar-refractivity contribution in [3.05, 3.63) is 70.8 Å². The first-order chi connectivity index (χ1) is 12.7. The molecule has 0 heterocycles. The van der Waals surface area contributed by atoms with Crippen molar-refractivity contribution in [3.63, 3.8) is 0 Å². The lowest BCUT2D eigenvalue weighted by Gasteiger charge is -2.16. The molecule has 2 aromatic rings. The van der Waals surface area contributed by atoms with Crippen molar-refractivity contribution in [1.29, 1.82) is 0 Å². The van der Waals surface area contributed by atoms with E-state index in [2.05, 4.69) is 0 Å². The first-order valence-corrected chi connectivity index (χ1v) is 8.73. The van der Waals surface area contributed by atoms with Gasteiger partial charge in [-0.25, -0.2) is 9.59 Å². The van der Waals surface area contributed by atoms with Crippen molar-refractivity contribution in [2.45, 2.75) is 45.3 Å². The van der Waals surface area contributed by atoms with E-state index in [9.17, 15) is 19.8 Å². The second-order valence-electron chi connectivity index (χ2n) is 6.31. The fourth-order valence-electron chi connectivity index (χ4n) is 2.51. The van der Waals surface area contributed by atoms with Crippen molar-refractivity contribution < 1.29 is 30.0 Å². The maximum Gasteiger partial charge on any atom is 0.335 e. The monoisotopic (exact) mass is 374 g/mol. The minimum atomic E-state index is -1.12. The number of carboxylic acids is 2. The molecule has 0 aliphatic rings. The lowest BCUT2D eigenvalue weighted by atomic mass is 10.0. The van der Waals surface area contributed by atoms with Crippen molar-refractivity contribution in [1.82, 2.24) is 0 Å². The Balaban J connectivity index is 0.000000271. The summed E-state index contributed by atoms with van der Waals surface area (Å²) >= 11 is 0. The largest absolute Gasteiger partial charge is 0.478 e. The van der Waals surface area contributed by atoms with Crippen molar-refractivity contribution in [2.75, 3.05) is 0 Å². The van der Waals surface area contributed by atoms with E-state index in [0.717, 1.165) is 18.1 Å². The number of benzene rings is 2. The van der Waals surface area contributed by atoms with Crippen LogP contribution in [0.3, 0.4) is 0 Å². The van der Waals surface area contributed by atoms with Gasteiger partial charge in [-0.15, -0.1) is 0 Å². The maximum absolute atomic E-state index is 10.5. The molecular formula is C21H26O6. The predicted molar refractivity (Wildman–Crippen MR) is 102 cm³/mol. The van der Waals surface area contributed by atoms with Crippen LogP contribution < -0.4 is 0 Å². The standard InChI is InChI=1S/C12H18O2.C9H8O4/c1-2-6-11(13)12(14)9-10-7-4-3-5-8-10;1-5-2-6(8(10)11)4-7(3-5)9(12)13/h3-5,7-8,11-14H,2,6,9H2,1H3;2-4H,1H3,(H,10,11)(H,12,13). The molecule has 2 unspecified atom stereocenters. The number of carbonyl (C=O) groups is 2. The Morgan fingerprint density at radius 2 is 1.41 bits per heavy atom. The highest BCUT2D eigenvalue weighted by Gasteiger charge is 2.15. The van der Waals surface area contributed by atoms with Crippen LogP contribution in [0.2, 0.25) is 0 Å². The predicted octanol–water partition coefficient (Wildman–Crippen LogP) is 3.14. The van der Waals surface area contributed by atoms with Gasteiger partial charge in [0.15, 0.2) is 0 Å². The van der Waals surface area contributed by atoms with E-state index in [1.807, 2.05) is 37.3 Å². The van der Waals surface area contributed by atoms with Gasteiger partial charge in [-0.1, -0.05) is 43.7 Å². The molecule has 0 aliphatic carbocycles. The van der Waals surface area contributed by atoms with Gasteiger partial charge in [-0.05, 0) is 42.7 Å². The van der Waals surface area contributed by atoms with Crippen LogP contribution in [-0.4, -0.2) is 44.6 Å². The molecule has 0 aliphatic heterocycles. The van der Waals surface area contributed by atoms with Gasteiger partial charge in [-0.3, -0.25) is 0 Å². The number of rotatable bonds is 7. The molecule has 0 saturated carbocycles. The number of aromatic carboxylic acids is 2. The van der Waals surface area contributed by atoms with Gasteiger partial charge in [0.1, 0.15) is 0 Å². The second kappa shape index (κ2) is 11.1. The summed E-state index contributed by atoms with van der Waals surface area (Å²) in [6, 6.07) is 13.7. The summed E-state index contributed by atoms with van der Waals surface area (Å²) in [4.78, 5) is 21.1. The fourth-order valence-corrected chi connectivity index (χ4v) is 2.51. The molecule has 6 heteroatoms. The van der Waals surface area contributed by atoms with E-state index < -0.39 is 24.1 Å². The maximum atomic E-state index is 10.5. The molecule has 0 spiro atoms. The van der Waals surface area contributed by atoms with Gasteiger partial charge in [0.25, 0.3) is 0 Å². The summed E-state index contributed by atoms with van der Waals surface area (Å²) in [5.74, 6) is -2.24. The molecule has 2 atom stereocenters. The van der Waals surface area contributed by atoms with Crippen LogP contribution in [0.25, 0.3) is 0 Å². The molecule has 4 N–H and O–H groups in total. The van der Waals surface area contributed by atoms with E-state index in [1.165, 1.54) is 12.1 Å². The Morgan fingerprint density at radius 1 is 0.889 bits per heavy atom. The highest BCUT2D eigenvalue weighted by atomic mass is 16.4. The Morgan fingerprint density at radius 3 is 1.85 bits per heavy atom. The van der Waals surface area contributed by atoms with E-state index in [-0.39, 0.29) is 11.1 Å². The molecular weight excluding hydrogens is 348 g/mol. The highest BCUT2D eigenvalue weighted by Crippen LogP contribution is 2.10. The molecule has 2 aromatic carbocycles. The molecule has 0 radical (unpaired) electrons. The SMILES string of the molecule is CCCC(O)C(O)Cc1ccccc1.Cc1cc(C(=O)O)cc(C(=O)O)c1. The lowest BCUT2D eigenvalue weighted by molar-refractivity contribution is 0.0148. The van der Waals surface area contributed by atoms with Gasteiger partial charge < -0.3 is 20.4 Å². The molecule has 0 fully saturated rings. The van der Waals surface area contributed by atoms with Crippen LogP contribution in [0, 0.1) is 6.92 Å². The molecule has 6 nitrogen and oxygen atoms in total. The number of aryl methyl sites for hydroxylation is 1. The van der Waals surface area contributed by atoms with Crippen molar-refractivity contribution in [3.8, 4) is 0 Å². The van der Waals surface area contributed by atoms with Crippen LogP contribution >= 0.6 is 0 Å². The molecule has 2 rings (SSSR count). The molecule has 0 bridgehead atoms. The molecule has 0 saturated heterocycles. The molecule has 0 amide bonds. The molecule has 0 aromatic heterocycles. The average Bonchev–Trinajstić information content (AvgIpc) is 2.62. The molecule has 27 heavy (non-hydrogen) atoms. The van der Waals surface area contributed by atoms with Gasteiger partial charge in [0.2, 0.25) is 0 Å². The Bertz CT molecular complexity index is 709. The van der Waals surface area contributed by atoms with Gasteiger partial charge in [-0.2, -0.15) is 0 Å². The number of aliphatic hydroxyl groups is 2. The van der Waals surface area contributed by atoms with Crippen LogP contribution in [0.1, 0.15) is 51.6 Å². The van der Waals surface area contributed by atoms with E-state index in [1.54, 1.807) is 6.92 Å². The number of hydrogen-bond donors (Lipinski definition) is 4. The Labute approximate surface area is 158 Å². The number of carboxylic acid groups (broad SMARTS) is 2. The summed E-state index contributed by atoms with van der Waals surface area (Å²) in [5.41, 5.74) is 1.68. The molecule has 146 valence electrons. The minimum absolute atomic E-state index is 0.00241. The van der Waals surface area contributed by atoms with Crippen LogP contribution in [-0.2, 0) is 6.42 Å². The third-order valence-electron chi connectivity index (χ3n) is 3.89. The Hall–Kier alpha value is -2.70. The number of hydrogen-bond acceptors (Lipinski definition) is 4. The van der Waals surface area contributed by atoms with Crippen LogP contribution in [0.15, 0.2) is 48.5 Å². The van der Waals surface area contributed by atoms with Gasteiger partial charge in [0, 0.05) is 6.42 Å². The summed E-state index contributed by atoms with van der Waals surface area (Å²) < 4.78 is 0. The van der Waals surface area contributed by atoms with E-state index >= 15 is 0 Å².